The zero-order valence-electron chi connectivity index (χ0n) is 22.0. The summed E-state index contributed by atoms with van der Waals surface area (Å²) in [6.07, 6.45) is 1.81. The van der Waals surface area contributed by atoms with Gasteiger partial charge in [-0.1, -0.05) is 44.2 Å². The van der Waals surface area contributed by atoms with Crippen LogP contribution in [0.5, 0.6) is 5.75 Å². The summed E-state index contributed by atoms with van der Waals surface area (Å²) < 4.78 is 16.3. The molecule has 2 amide bonds. The number of benzene rings is 2. The number of carbonyl (C=O) groups is 3. The SMILES string of the molecule is CCOC(=O)c1ccc(-c2ccc(/C=N\NC(=O)[C@H](CC(C)C)NC(=O)COc3ccccc3C)o2)cc1. The van der Waals surface area contributed by atoms with Gasteiger partial charge in [0.2, 0.25) is 0 Å². The number of para-hydroxylation sites is 1. The number of ether oxygens (including phenoxy) is 2. The Kier molecular flexibility index (Phi) is 10.2. The molecule has 1 atom stereocenters. The Morgan fingerprint density at radius 2 is 1.76 bits per heavy atom. The van der Waals surface area contributed by atoms with E-state index in [0.717, 1.165) is 11.1 Å². The van der Waals surface area contributed by atoms with Crippen LogP contribution in [-0.4, -0.2) is 43.3 Å². The highest BCUT2D eigenvalue weighted by atomic mass is 16.5. The lowest BCUT2D eigenvalue weighted by Crippen LogP contribution is -2.47. The third-order valence-electron chi connectivity index (χ3n) is 5.49. The van der Waals surface area contributed by atoms with Crippen LogP contribution in [0.15, 0.2) is 70.2 Å². The first kappa shape index (κ1) is 28.2. The molecule has 0 saturated carbocycles. The number of aryl methyl sites for hydroxylation is 1. The van der Waals surface area contributed by atoms with Crippen molar-refractivity contribution in [2.45, 2.75) is 40.2 Å². The van der Waals surface area contributed by atoms with Crippen molar-refractivity contribution in [3.05, 3.63) is 77.6 Å². The number of carbonyl (C=O) groups excluding carboxylic acids is 3. The highest BCUT2D eigenvalue weighted by Crippen LogP contribution is 2.22. The van der Waals surface area contributed by atoms with Gasteiger partial charge in [-0.25, -0.2) is 10.2 Å². The van der Waals surface area contributed by atoms with E-state index in [4.69, 9.17) is 13.9 Å². The molecule has 3 rings (SSSR count). The maximum atomic E-state index is 12.7. The maximum absolute atomic E-state index is 12.7. The predicted octanol–water partition coefficient (Wildman–Crippen LogP) is 4.49. The molecule has 0 radical (unpaired) electrons. The number of esters is 1. The van der Waals surface area contributed by atoms with Crippen LogP contribution in [0, 0.1) is 12.8 Å². The van der Waals surface area contributed by atoms with Crippen LogP contribution in [0.1, 0.15) is 48.9 Å². The van der Waals surface area contributed by atoms with E-state index in [1.54, 1.807) is 49.4 Å². The topological polar surface area (TPSA) is 119 Å². The molecule has 2 aromatic carbocycles. The predicted molar refractivity (Wildman–Crippen MR) is 144 cm³/mol. The maximum Gasteiger partial charge on any atom is 0.338 e. The largest absolute Gasteiger partial charge is 0.484 e. The molecular formula is C29H33N3O6. The number of furan rings is 1. The molecule has 0 aliphatic heterocycles. The second kappa shape index (κ2) is 13.8. The van der Waals surface area contributed by atoms with Gasteiger partial charge in [-0.15, -0.1) is 0 Å². The molecule has 3 aromatic rings. The second-order valence-electron chi connectivity index (χ2n) is 9.04. The normalized spacial score (nSPS) is 11.8. The lowest BCUT2D eigenvalue weighted by atomic mass is 10.0. The van der Waals surface area contributed by atoms with Gasteiger partial charge in [0.25, 0.3) is 11.8 Å². The van der Waals surface area contributed by atoms with E-state index in [1.807, 2.05) is 39.0 Å². The zero-order chi connectivity index (χ0) is 27.5. The number of rotatable bonds is 12. The van der Waals surface area contributed by atoms with Gasteiger partial charge in [-0.05, 0) is 62.1 Å². The van der Waals surface area contributed by atoms with Crippen LogP contribution in [0.3, 0.4) is 0 Å². The third kappa shape index (κ3) is 8.33. The van der Waals surface area contributed by atoms with Crippen molar-refractivity contribution in [1.29, 1.82) is 0 Å². The fourth-order valence-corrected chi connectivity index (χ4v) is 3.60. The average molecular weight is 520 g/mol. The summed E-state index contributed by atoms with van der Waals surface area (Å²) >= 11 is 0. The number of nitrogens with zero attached hydrogens (tertiary/aromatic N) is 1. The van der Waals surface area contributed by atoms with Gasteiger partial charge >= 0.3 is 5.97 Å². The summed E-state index contributed by atoms with van der Waals surface area (Å²) in [5.41, 5.74) is 4.61. The van der Waals surface area contributed by atoms with Gasteiger partial charge in [0.1, 0.15) is 23.3 Å². The molecule has 9 nitrogen and oxygen atoms in total. The molecule has 0 bridgehead atoms. The molecular weight excluding hydrogens is 486 g/mol. The minimum Gasteiger partial charge on any atom is -0.484 e. The Hall–Kier alpha value is -4.40. The van der Waals surface area contributed by atoms with E-state index in [1.165, 1.54) is 6.21 Å². The highest BCUT2D eigenvalue weighted by molar-refractivity contribution is 5.90. The quantitative estimate of drug-likeness (QED) is 0.207. The molecule has 1 heterocycles. The number of hydrogen-bond acceptors (Lipinski definition) is 7. The molecule has 0 unspecified atom stereocenters. The summed E-state index contributed by atoms with van der Waals surface area (Å²) in [5.74, 6) is 0.550. The Morgan fingerprint density at radius 3 is 2.45 bits per heavy atom. The van der Waals surface area contributed by atoms with Crippen LogP contribution < -0.4 is 15.5 Å². The highest BCUT2D eigenvalue weighted by Gasteiger charge is 2.22. The Bertz CT molecular complexity index is 1260. The van der Waals surface area contributed by atoms with Crippen molar-refractivity contribution in [2.24, 2.45) is 11.0 Å². The molecule has 9 heteroatoms. The van der Waals surface area contributed by atoms with E-state index in [-0.39, 0.29) is 18.5 Å². The van der Waals surface area contributed by atoms with Gasteiger partial charge in [0.05, 0.1) is 18.4 Å². The number of amides is 2. The average Bonchev–Trinajstić information content (AvgIpc) is 3.36. The van der Waals surface area contributed by atoms with E-state index in [2.05, 4.69) is 15.8 Å². The fraction of sp³-hybridized carbons (Fsp3) is 0.310. The van der Waals surface area contributed by atoms with Gasteiger partial charge in [-0.3, -0.25) is 9.59 Å². The molecule has 2 N–H and O–H groups in total. The Labute approximate surface area is 222 Å². The molecule has 0 aliphatic rings. The van der Waals surface area contributed by atoms with Crippen molar-refractivity contribution in [3.8, 4) is 17.1 Å². The van der Waals surface area contributed by atoms with Crippen LogP contribution in [0.4, 0.5) is 0 Å². The van der Waals surface area contributed by atoms with Crippen molar-refractivity contribution in [3.63, 3.8) is 0 Å². The van der Waals surface area contributed by atoms with E-state index >= 15 is 0 Å². The van der Waals surface area contributed by atoms with E-state index in [0.29, 0.717) is 35.9 Å². The van der Waals surface area contributed by atoms with Crippen LogP contribution in [0.25, 0.3) is 11.3 Å². The lowest BCUT2D eigenvalue weighted by Gasteiger charge is -2.19. The molecule has 0 aliphatic carbocycles. The number of nitrogens with one attached hydrogen (secondary N) is 2. The van der Waals surface area contributed by atoms with Crippen molar-refractivity contribution in [2.75, 3.05) is 13.2 Å². The number of hydrazone groups is 1. The minimum absolute atomic E-state index is 0.162. The Morgan fingerprint density at radius 1 is 1.03 bits per heavy atom. The first-order valence-electron chi connectivity index (χ1n) is 12.4. The van der Waals surface area contributed by atoms with Crippen molar-refractivity contribution in [1.82, 2.24) is 10.7 Å². The first-order chi connectivity index (χ1) is 18.3. The molecule has 0 saturated heterocycles. The van der Waals surface area contributed by atoms with Crippen LogP contribution in [-0.2, 0) is 14.3 Å². The third-order valence-corrected chi connectivity index (χ3v) is 5.49. The summed E-state index contributed by atoms with van der Waals surface area (Å²) in [6, 6.07) is 16.9. The molecule has 0 spiro atoms. The Balaban J connectivity index is 1.55. The van der Waals surface area contributed by atoms with Crippen molar-refractivity contribution >= 4 is 24.0 Å². The molecule has 0 fully saturated rings. The van der Waals surface area contributed by atoms with E-state index < -0.39 is 17.9 Å². The first-order valence-corrected chi connectivity index (χ1v) is 12.4. The zero-order valence-corrected chi connectivity index (χ0v) is 22.0. The summed E-state index contributed by atoms with van der Waals surface area (Å²) in [4.78, 5) is 37.0. The standard InChI is InChI=1S/C29H33N3O6/c1-5-36-29(35)22-12-10-21(11-13-22)26-15-14-23(38-26)17-30-32-28(34)24(16-19(2)3)31-27(33)18-37-25-9-7-6-8-20(25)4/h6-15,17,19,24H,5,16,18H2,1-4H3,(H,31,33)(H,32,34)/b30-17-/t24-/m0/s1. The van der Waals surface area contributed by atoms with Crippen LogP contribution >= 0.6 is 0 Å². The number of hydrogen-bond donors (Lipinski definition) is 2. The fourth-order valence-electron chi connectivity index (χ4n) is 3.60. The molecule has 200 valence electrons. The van der Waals surface area contributed by atoms with Crippen LogP contribution in [0.2, 0.25) is 0 Å². The molecule has 1 aromatic heterocycles. The minimum atomic E-state index is -0.773. The van der Waals surface area contributed by atoms with Gasteiger partial charge in [0.15, 0.2) is 6.61 Å². The van der Waals surface area contributed by atoms with Crippen molar-refractivity contribution < 1.29 is 28.3 Å². The smallest absolute Gasteiger partial charge is 0.338 e. The van der Waals surface area contributed by atoms with Gasteiger partial charge < -0.3 is 19.2 Å². The van der Waals surface area contributed by atoms with E-state index in [9.17, 15) is 14.4 Å². The monoisotopic (exact) mass is 519 g/mol. The van der Waals surface area contributed by atoms with Gasteiger partial charge in [0, 0.05) is 5.56 Å². The summed E-state index contributed by atoms with van der Waals surface area (Å²) in [6.45, 7) is 7.68. The molecule has 38 heavy (non-hydrogen) atoms. The second-order valence-corrected chi connectivity index (χ2v) is 9.04. The summed E-state index contributed by atoms with van der Waals surface area (Å²) in [7, 11) is 0. The summed E-state index contributed by atoms with van der Waals surface area (Å²) in [5, 5.41) is 6.71. The lowest BCUT2D eigenvalue weighted by molar-refractivity contribution is -0.130. The van der Waals surface area contributed by atoms with Gasteiger partial charge in [-0.2, -0.15) is 5.10 Å².